The number of amides is 5. The van der Waals surface area contributed by atoms with Gasteiger partial charge in [-0.1, -0.05) is 25.1 Å². The fourth-order valence-corrected chi connectivity index (χ4v) is 5.38. The van der Waals surface area contributed by atoms with Crippen molar-refractivity contribution in [3.63, 3.8) is 0 Å². The minimum atomic E-state index is -0.559. The van der Waals surface area contributed by atoms with E-state index in [9.17, 15) is 23.9 Å². The highest BCUT2D eigenvalue weighted by molar-refractivity contribution is 6.02. The Hall–Kier alpha value is -4.68. The zero-order valence-corrected chi connectivity index (χ0v) is 27.9. The Bertz CT molecular complexity index is 1510. The van der Waals surface area contributed by atoms with Crippen molar-refractivity contribution in [2.24, 2.45) is 5.92 Å². The van der Waals surface area contributed by atoms with Crippen molar-refractivity contribution in [2.75, 3.05) is 49.3 Å². The first-order valence-electron chi connectivity index (χ1n) is 16.3. The van der Waals surface area contributed by atoms with Crippen LogP contribution in [0.5, 0.6) is 5.75 Å². The Labute approximate surface area is 281 Å². The highest BCUT2D eigenvalue weighted by Crippen LogP contribution is 2.29. The molecule has 0 saturated heterocycles. The van der Waals surface area contributed by atoms with Crippen LogP contribution in [0.15, 0.2) is 72.8 Å². The number of para-hydroxylation sites is 1. The van der Waals surface area contributed by atoms with Gasteiger partial charge in [0.15, 0.2) is 0 Å². The van der Waals surface area contributed by atoms with Crippen LogP contribution in [0.2, 0.25) is 0 Å². The Morgan fingerprint density at radius 1 is 0.979 bits per heavy atom. The summed E-state index contributed by atoms with van der Waals surface area (Å²) in [5.74, 6) is -0.653. The number of hydrogen-bond acceptors (Lipinski definition) is 6. The Kier molecular flexibility index (Phi) is 13.2. The third-order valence-electron chi connectivity index (χ3n) is 8.24. The van der Waals surface area contributed by atoms with Gasteiger partial charge in [0.05, 0.1) is 30.4 Å². The molecule has 5 amide bonds. The average molecular weight is 664 g/mol. The number of halogens is 1. The van der Waals surface area contributed by atoms with E-state index in [1.165, 1.54) is 29.2 Å². The van der Waals surface area contributed by atoms with Crippen LogP contribution in [-0.4, -0.2) is 84.5 Å². The predicted octanol–water partition coefficient (Wildman–Crippen LogP) is 6.43. The van der Waals surface area contributed by atoms with Gasteiger partial charge in [-0.25, -0.2) is 14.0 Å². The fourth-order valence-electron chi connectivity index (χ4n) is 5.38. The second-order valence-electron chi connectivity index (χ2n) is 12.3. The summed E-state index contributed by atoms with van der Waals surface area (Å²) in [5.41, 5.74) is 1.72. The maximum Gasteiger partial charge on any atom is 0.323 e. The van der Waals surface area contributed by atoms with E-state index in [1.807, 2.05) is 32.0 Å². The van der Waals surface area contributed by atoms with Gasteiger partial charge in [-0.15, -0.1) is 0 Å². The van der Waals surface area contributed by atoms with Crippen LogP contribution >= 0.6 is 0 Å². The van der Waals surface area contributed by atoms with Gasteiger partial charge in [-0.3, -0.25) is 4.79 Å². The molecule has 0 unspecified atom stereocenters. The molecule has 0 radical (unpaired) electrons. The van der Waals surface area contributed by atoms with E-state index >= 15 is 0 Å². The van der Waals surface area contributed by atoms with E-state index < -0.39 is 24.0 Å². The van der Waals surface area contributed by atoms with Crippen LogP contribution in [0.1, 0.15) is 50.4 Å². The Balaban J connectivity index is 1.57. The Morgan fingerprint density at radius 2 is 1.65 bits per heavy atom. The molecule has 4 atom stereocenters. The molecule has 3 aromatic rings. The van der Waals surface area contributed by atoms with Crippen LogP contribution in [0.25, 0.3) is 0 Å². The van der Waals surface area contributed by atoms with E-state index in [-0.39, 0.29) is 49.2 Å². The molecule has 1 aliphatic rings. The lowest BCUT2D eigenvalue weighted by Crippen LogP contribution is -2.48. The number of benzene rings is 3. The van der Waals surface area contributed by atoms with Crippen molar-refractivity contribution in [2.45, 2.75) is 58.3 Å². The number of rotatable bonds is 7. The van der Waals surface area contributed by atoms with E-state index in [4.69, 9.17) is 9.47 Å². The fraction of sp³-hybridized carbons (Fsp3) is 0.417. The van der Waals surface area contributed by atoms with Gasteiger partial charge in [-0.2, -0.15) is 0 Å². The predicted molar refractivity (Wildman–Crippen MR) is 184 cm³/mol. The first-order chi connectivity index (χ1) is 23.0. The number of aliphatic hydroxyl groups excluding tert-OH is 1. The second-order valence-corrected chi connectivity index (χ2v) is 12.3. The van der Waals surface area contributed by atoms with E-state index in [0.29, 0.717) is 35.8 Å². The summed E-state index contributed by atoms with van der Waals surface area (Å²) < 4.78 is 25.9. The van der Waals surface area contributed by atoms with Gasteiger partial charge < -0.3 is 40.3 Å². The number of aliphatic hydroxyl groups is 1. The molecule has 0 saturated carbocycles. The number of ether oxygens (including phenoxy) is 2. The molecule has 258 valence electrons. The van der Waals surface area contributed by atoms with Crippen molar-refractivity contribution < 1.29 is 33.4 Å². The number of carbonyl (C=O) groups is 3. The molecular weight excluding hydrogens is 617 g/mol. The molecule has 11 nitrogen and oxygen atoms in total. The molecule has 1 heterocycles. The van der Waals surface area contributed by atoms with Gasteiger partial charge in [0.1, 0.15) is 11.6 Å². The van der Waals surface area contributed by atoms with Gasteiger partial charge >= 0.3 is 12.1 Å². The summed E-state index contributed by atoms with van der Waals surface area (Å²) in [6.07, 6.45) is 1.65. The average Bonchev–Trinajstić information content (AvgIpc) is 3.07. The monoisotopic (exact) mass is 663 g/mol. The van der Waals surface area contributed by atoms with E-state index in [0.717, 1.165) is 12.8 Å². The van der Waals surface area contributed by atoms with Crippen LogP contribution in [0.4, 0.5) is 31.0 Å². The van der Waals surface area contributed by atoms with Crippen molar-refractivity contribution in [3.8, 4) is 5.75 Å². The molecule has 0 spiro atoms. The second kappa shape index (κ2) is 17.5. The van der Waals surface area contributed by atoms with E-state index in [1.54, 1.807) is 49.2 Å². The maximum atomic E-state index is 14.3. The quantitative estimate of drug-likeness (QED) is 0.230. The molecule has 0 aromatic heterocycles. The van der Waals surface area contributed by atoms with Gasteiger partial charge in [-0.05, 0) is 87.7 Å². The van der Waals surface area contributed by atoms with Gasteiger partial charge in [0.2, 0.25) is 0 Å². The normalized spacial score (nSPS) is 19.6. The number of urea groups is 2. The molecular formula is C36H46FN5O6. The zero-order valence-electron chi connectivity index (χ0n) is 27.9. The number of nitrogens with one attached hydrogen (secondary N) is 3. The number of likely N-dealkylation sites (N-methyl/N-ethyl adjacent to an activating group) is 1. The van der Waals surface area contributed by atoms with Crippen LogP contribution in [0, 0.1) is 11.7 Å². The lowest BCUT2D eigenvalue weighted by molar-refractivity contribution is -0.0115. The number of hydrogen-bond donors (Lipinski definition) is 4. The first-order valence-corrected chi connectivity index (χ1v) is 16.3. The molecule has 0 aliphatic carbocycles. The lowest BCUT2D eigenvalue weighted by atomic mass is 10.0. The summed E-state index contributed by atoms with van der Waals surface area (Å²) >= 11 is 0. The minimum Gasteiger partial charge on any atom is -0.490 e. The molecule has 3 aromatic carbocycles. The number of fused-ring (bicyclic) bond motifs is 1. The molecule has 0 fully saturated rings. The zero-order chi connectivity index (χ0) is 34.6. The largest absolute Gasteiger partial charge is 0.490 e. The summed E-state index contributed by atoms with van der Waals surface area (Å²) in [6, 6.07) is 18.1. The Morgan fingerprint density at radius 3 is 2.35 bits per heavy atom. The van der Waals surface area contributed by atoms with Crippen LogP contribution in [0.3, 0.4) is 0 Å². The topological polar surface area (TPSA) is 132 Å². The summed E-state index contributed by atoms with van der Waals surface area (Å²) in [5, 5.41) is 18.5. The van der Waals surface area contributed by atoms with Crippen molar-refractivity contribution in [1.29, 1.82) is 0 Å². The van der Waals surface area contributed by atoms with Crippen molar-refractivity contribution >= 4 is 35.0 Å². The highest BCUT2D eigenvalue weighted by Gasteiger charge is 2.31. The summed E-state index contributed by atoms with van der Waals surface area (Å²) in [4.78, 5) is 43.2. The van der Waals surface area contributed by atoms with E-state index in [2.05, 4.69) is 16.0 Å². The number of anilines is 3. The molecule has 48 heavy (non-hydrogen) atoms. The van der Waals surface area contributed by atoms with Gasteiger partial charge in [0.25, 0.3) is 5.91 Å². The third-order valence-corrected chi connectivity index (χ3v) is 8.24. The third kappa shape index (κ3) is 10.4. The lowest BCUT2D eigenvalue weighted by Gasteiger charge is -2.35. The molecule has 4 rings (SSSR count). The highest BCUT2D eigenvalue weighted by atomic mass is 19.1. The van der Waals surface area contributed by atoms with Crippen molar-refractivity contribution in [3.05, 3.63) is 84.2 Å². The molecule has 1 aliphatic heterocycles. The standard InChI is InChI=1S/C36H46FN5O6/c1-24-21-42(25(2)23-43)34(44)31-20-30(39-35(45)38-28-11-6-5-7-12-28)17-18-32(31)48-26(3)10-8-9-19-47-33(24)22-41(4)36(46)40-29-15-13-27(37)14-16-29/h5-7,11-18,20,24-26,33,43H,8-10,19,21-23H2,1-4H3,(H,40,46)(H2,38,39,45)/t24-,25+,26-,33+/m1/s1. The van der Waals surface area contributed by atoms with Crippen LogP contribution < -0.4 is 20.7 Å². The summed E-state index contributed by atoms with van der Waals surface area (Å²) in [7, 11) is 1.65. The van der Waals surface area contributed by atoms with Gasteiger partial charge in [0, 0.05) is 49.7 Å². The van der Waals surface area contributed by atoms with Crippen molar-refractivity contribution in [1.82, 2.24) is 9.80 Å². The number of carbonyl (C=O) groups excluding carboxylic acids is 3. The molecule has 12 heteroatoms. The first kappa shape index (κ1) is 36.2. The SMILES string of the molecule is C[C@@H]1CCCCO[C@@H](CN(C)C(=O)Nc2ccc(F)cc2)[C@H](C)CN([C@@H](C)CO)C(=O)c2cc(NC(=O)Nc3ccccc3)ccc2O1. The minimum absolute atomic E-state index is 0.208. The van der Waals surface area contributed by atoms with Crippen LogP contribution in [-0.2, 0) is 4.74 Å². The maximum absolute atomic E-state index is 14.3. The molecule has 0 bridgehead atoms. The summed E-state index contributed by atoms with van der Waals surface area (Å²) in [6.45, 7) is 6.24. The molecule has 4 N–H and O–H groups in total. The number of nitrogens with zero attached hydrogens (tertiary/aromatic N) is 2. The smallest absolute Gasteiger partial charge is 0.323 e.